The van der Waals surface area contributed by atoms with E-state index in [1.807, 2.05) is 36.4 Å². The number of hydrogen-bond donors (Lipinski definition) is 2. The summed E-state index contributed by atoms with van der Waals surface area (Å²) in [5.41, 5.74) is 13.4. The highest BCUT2D eigenvalue weighted by Crippen LogP contribution is 2.31. The van der Waals surface area contributed by atoms with Crippen LogP contribution in [0.2, 0.25) is 10.0 Å². The van der Waals surface area contributed by atoms with Crippen LogP contribution < -0.4 is 16.2 Å². The van der Waals surface area contributed by atoms with Crippen molar-refractivity contribution < 1.29 is 4.74 Å². The van der Waals surface area contributed by atoms with Gasteiger partial charge in [0.05, 0.1) is 17.5 Å². The van der Waals surface area contributed by atoms with E-state index in [-0.39, 0.29) is 30.8 Å². The maximum atomic E-state index is 6.31. The average Bonchev–Trinajstić information content (AvgIpc) is 2.70. The first-order valence-electron chi connectivity index (χ1n) is 9.61. The fraction of sp³-hybridized carbons (Fsp3) is 0.333. The van der Waals surface area contributed by atoms with Crippen LogP contribution in [0.5, 0.6) is 5.75 Å². The van der Waals surface area contributed by atoms with E-state index in [2.05, 4.69) is 14.9 Å². The molecule has 4 N–H and O–H groups in total. The largest absolute Gasteiger partial charge is 0.492 e. The third-order valence-electron chi connectivity index (χ3n) is 5.36. The number of likely N-dealkylation sites (tertiary alicyclic amines) is 1. The molecular formula is C21H25Cl4N5O. The number of halogens is 4. The highest BCUT2D eigenvalue weighted by molar-refractivity contribution is 6.35. The van der Waals surface area contributed by atoms with Crippen LogP contribution in [-0.4, -0.2) is 34.6 Å². The molecule has 10 heteroatoms. The molecule has 0 saturated carbocycles. The number of nitrogens with two attached hydrogens (primary N) is 2. The van der Waals surface area contributed by atoms with E-state index in [0.29, 0.717) is 35.0 Å². The topological polar surface area (TPSA) is 90.3 Å². The van der Waals surface area contributed by atoms with Crippen molar-refractivity contribution in [1.82, 2.24) is 14.9 Å². The fourth-order valence-electron chi connectivity index (χ4n) is 3.74. The number of nitrogens with zero attached hydrogens (tertiary/aromatic N) is 3. The van der Waals surface area contributed by atoms with Crippen LogP contribution in [0.4, 0.5) is 11.8 Å². The van der Waals surface area contributed by atoms with Gasteiger partial charge >= 0.3 is 0 Å². The molecule has 0 aliphatic carbocycles. The quantitative estimate of drug-likeness (QED) is 0.494. The Hall–Kier alpha value is -1.70. The summed E-state index contributed by atoms with van der Waals surface area (Å²) in [6.45, 7) is 3.36. The number of fused-ring (bicyclic) bond motifs is 1. The highest BCUT2D eigenvalue weighted by Gasteiger charge is 2.22. The maximum absolute atomic E-state index is 6.31. The number of benzene rings is 2. The van der Waals surface area contributed by atoms with Gasteiger partial charge in [-0.05, 0) is 56.1 Å². The first kappa shape index (κ1) is 25.6. The molecule has 1 fully saturated rings. The van der Waals surface area contributed by atoms with Crippen LogP contribution in [0.15, 0.2) is 36.4 Å². The third kappa shape index (κ3) is 5.96. The van der Waals surface area contributed by atoms with E-state index >= 15 is 0 Å². The lowest BCUT2D eigenvalue weighted by Crippen LogP contribution is -2.35. The molecule has 0 bridgehead atoms. The van der Waals surface area contributed by atoms with Gasteiger partial charge in [-0.2, -0.15) is 4.98 Å². The monoisotopic (exact) mass is 503 g/mol. The third-order valence-corrected chi connectivity index (χ3v) is 6.06. The summed E-state index contributed by atoms with van der Waals surface area (Å²) in [7, 11) is 0. The summed E-state index contributed by atoms with van der Waals surface area (Å²) in [5, 5.41) is 2.16. The summed E-state index contributed by atoms with van der Waals surface area (Å²) < 4.78 is 6.11. The van der Waals surface area contributed by atoms with Crippen molar-refractivity contribution in [3.8, 4) is 5.75 Å². The van der Waals surface area contributed by atoms with Gasteiger partial charge in [-0.1, -0.05) is 35.3 Å². The minimum absolute atomic E-state index is 0. The molecule has 4 rings (SSSR count). The van der Waals surface area contributed by atoms with Gasteiger partial charge in [-0.3, -0.25) is 4.90 Å². The molecular weight excluding hydrogens is 480 g/mol. The van der Waals surface area contributed by atoms with Gasteiger partial charge < -0.3 is 16.2 Å². The molecule has 6 nitrogen and oxygen atoms in total. The first-order valence-corrected chi connectivity index (χ1v) is 10.4. The Morgan fingerprint density at radius 2 is 1.61 bits per heavy atom. The molecule has 0 amide bonds. The van der Waals surface area contributed by atoms with E-state index in [0.717, 1.165) is 48.1 Å². The number of rotatable bonds is 5. The lowest BCUT2D eigenvalue weighted by molar-refractivity contribution is 0.137. The van der Waals surface area contributed by atoms with E-state index in [9.17, 15) is 0 Å². The number of piperidine rings is 1. The standard InChI is InChI=1S/C21H23Cl2N5O.2ClH/c22-15-3-1-4-16(23)14(15)11-28-9-7-13(8-10-28)12-29-18-6-2-5-17-19(18)20(24)27-21(25)26-17;;/h1-6,13H,7-12H2,(H4,24,25,26,27);2*1H. The van der Waals surface area contributed by atoms with Gasteiger partial charge in [0.15, 0.2) is 0 Å². The van der Waals surface area contributed by atoms with Gasteiger partial charge in [-0.25, -0.2) is 4.98 Å². The molecule has 0 unspecified atom stereocenters. The highest BCUT2D eigenvalue weighted by atomic mass is 35.5. The number of ether oxygens (including phenoxy) is 1. The van der Waals surface area contributed by atoms with Crippen molar-refractivity contribution >= 4 is 70.7 Å². The van der Waals surface area contributed by atoms with Crippen molar-refractivity contribution in [2.24, 2.45) is 5.92 Å². The first-order chi connectivity index (χ1) is 14.0. The minimum Gasteiger partial charge on any atom is -0.492 e. The predicted octanol–water partition coefficient (Wildman–Crippen LogP) is 5.24. The van der Waals surface area contributed by atoms with Gasteiger partial charge in [0.25, 0.3) is 0 Å². The molecule has 168 valence electrons. The molecule has 2 aromatic carbocycles. The van der Waals surface area contributed by atoms with Crippen LogP contribution in [0.3, 0.4) is 0 Å². The number of nitrogen functional groups attached to an aromatic ring is 2. The average molecular weight is 505 g/mol. The van der Waals surface area contributed by atoms with Crippen LogP contribution in [0.1, 0.15) is 18.4 Å². The molecule has 3 aromatic rings. The van der Waals surface area contributed by atoms with Crippen molar-refractivity contribution in [2.45, 2.75) is 19.4 Å². The Kier molecular flexibility index (Phi) is 9.28. The normalized spacial score (nSPS) is 14.6. The number of aromatic nitrogens is 2. The Morgan fingerprint density at radius 1 is 0.968 bits per heavy atom. The van der Waals surface area contributed by atoms with Crippen LogP contribution in [-0.2, 0) is 6.54 Å². The molecule has 1 aromatic heterocycles. The Morgan fingerprint density at radius 3 is 2.29 bits per heavy atom. The fourth-order valence-corrected chi connectivity index (χ4v) is 4.26. The summed E-state index contributed by atoms with van der Waals surface area (Å²) in [6.07, 6.45) is 2.09. The summed E-state index contributed by atoms with van der Waals surface area (Å²) in [4.78, 5) is 10.7. The number of anilines is 2. The van der Waals surface area contributed by atoms with Gasteiger partial charge in [-0.15, -0.1) is 24.8 Å². The Bertz CT molecular complexity index is 1010. The van der Waals surface area contributed by atoms with E-state index in [1.165, 1.54) is 0 Å². The Balaban J connectivity index is 0.00000171. The van der Waals surface area contributed by atoms with E-state index in [4.69, 9.17) is 39.4 Å². The lowest BCUT2D eigenvalue weighted by Gasteiger charge is -2.32. The van der Waals surface area contributed by atoms with Crippen molar-refractivity contribution in [3.05, 3.63) is 52.0 Å². The molecule has 1 aliphatic rings. The molecule has 1 aliphatic heterocycles. The number of hydrogen-bond acceptors (Lipinski definition) is 6. The second-order valence-electron chi connectivity index (χ2n) is 7.35. The summed E-state index contributed by atoms with van der Waals surface area (Å²) in [5.74, 6) is 1.68. The summed E-state index contributed by atoms with van der Waals surface area (Å²) in [6, 6.07) is 11.3. The zero-order chi connectivity index (χ0) is 20.4. The molecule has 0 atom stereocenters. The van der Waals surface area contributed by atoms with Crippen LogP contribution in [0, 0.1) is 5.92 Å². The summed E-state index contributed by atoms with van der Waals surface area (Å²) >= 11 is 12.6. The smallest absolute Gasteiger partial charge is 0.222 e. The van der Waals surface area contributed by atoms with Crippen LogP contribution >= 0.6 is 48.0 Å². The van der Waals surface area contributed by atoms with Gasteiger partial charge in [0, 0.05) is 22.2 Å². The molecule has 2 heterocycles. The maximum Gasteiger partial charge on any atom is 0.222 e. The van der Waals surface area contributed by atoms with E-state index < -0.39 is 0 Å². The van der Waals surface area contributed by atoms with Crippen LogP contribution in [0.25, 0.3) is 10.9 Å². The molecule has 0 spiro atoms. The lowest BCUT2D eigenvalue weighted by atomic mass is 9.97. The van der Waals surface area contributed by atoms with E-state index in [1.54, 1.807) is 0 Å². The molecule has 0 radical (unpaired) electrons. The van der Waals surface area contributed by atoms with Crippen molar-refractivity contribution in [3.63, 3.8) is 0 Å². The SMILES string of the molecule is Cl.Cl.Nc1nc(N)c2c(OCC3CCN(Cc4c(Cl)cccc4Cl)CC3)cccc2n1. The second kappa shape index (κ2) is 11.2. The zero-order valence-electron chi connectivity index (χ0n) is 16.8. The van der Waals surface area contributed by atoms with Gasteiger partial charge in [0.1, 0.15) is 11.6 Å². The van der Waals surface area contributed by atoms with Gasteiger partial charge in [0.2, 0.25) is 5.95 Å². The predicted molar refractivity (Wildman–Crippen MR) is 133 cm³/mol. The second-order valence-corrected chi connectivity index (χ2v) is 8.16. The zero-order valence-corrected chi connectivity index (χ0v) is 19.9. The Labute approximate surface area is 204 Å². The van der Waals surface area contributed by atoms with Crippen molar-refractivity contribution in [1.29, 1.82) is 0 Å². The van der Waals surface area contributed by atoms with Crippen molar-refractivity contribution in [2.75, 3.05) is 31.2 Å². The minimum atomic E-state index is 0. The molecule has 31 heavy (non-hydrogen) atoms. The molecule has 1 saturated heterocycles.